The van der Waals surface area contributed by atoms with Gasteiger partial charge in [-0.1, -0.05) is 23.7 Å². The average molecular weight is 281 g/mol. The van der Waals surface area contributed by atoms with Crippen molar-refractivity contribution in [3.63, 3.8) is 0 Å². The highest BCUT2D eigenvalue weighted by molar-refractivity contribution is 6.33. The molecule has 0 atom stereocenters. The van der Waals surface area contributed by atoms with Gasteiger partial charge in [-0.2, -0.15) is 0 Å². The Bertz CT molecular complexity index is 426. The molecule has 1 N–H and O–H groups in total. The number of benzene rings is 1. The first-order chi connectivity index (χ1) is 9.34. The molecule has 0 bridgehead atoms. The average Bonchev–Trinajstić information content (AvgIpc) is 3.24. The Kier molecular flexibility index (Phi) is 4.26. The van der Waals surface area contributed by atoms with Gasteiger partial charge < -0.3 is 15.0 Å². The Morgan fingerprint density at radius 1 is 1.26 bits per heavy atom. The number of ether oxygens (including phenoxy) is 1. The monoisotopic (exact) mass is 280 g/mol. The number of hydrogen-bond acceptors (Lipinski definition) is 3. The molecular weight excluding hydrogens is 260 g/mol. The molecule has 2 fully saturated rings. The molecule has 0 unspecified atom stereocenters. The van der Waals surface area contributed by atoms with Crippen LogP contribution in [0.15, 0.2) is 18.2 Å². The molecule has 104 valence electrons. The van der Waals surface area contributed by atoms with Crippen molar-refractivity contribution in [2.45, 2.75) is 31.8 Å². The van der Waals surface area contributed by atoms with E-state index in [1.165, 1.54) is 24.1 Å². The highest BCUT2D eigenvalue weighted by Gasteiger charge is 2.22. The number of halogens is 1. The highest BCUT2D eigenvalue weighted by Crippen LogP contribution is 2.31. The molecule has 1 aliphatic heterocycles. The minimum Gasteiger partial charge on any atom is -0.380 e. The molecule has 0 amide bonds. The van der Waals surface area contributed by atoms with E-state index in [1.54, 1.807) is 0 Å². The van der Waals surface area contributed by atoms with Gasteiger partial charge in [0.1, 0.15) is 0 Å². The molecule has 1 saturated heterocycles. The van der Waals surface area contributed by atoms with Gasteiger partial charge in [0.15, 0.2) is 0 Å². The van der Waals surface area contributed by atoms with Crippen LogP contribution in [0.4, 0.5) is 5.69 Å². The van der Waals surface area contributed by atoms with Crippen LogP contribution in [-0.2, 0) is 11.3 Å². The largest absolute Gasteiger partial charge is 0.380 e. The molecular formula is C15H21ClN2O. The minimum atomic E-state index is 0.722. The van der Waals surface area contributed by atoms with Crippen molar-refractivity contribution < 1.29 is 4.74 Å². The van der Waals surface area contributed by atoms with Crippen LogP contribution in [0, 0.1) is 0 Å². The molecule has 1 heterocycles. The second kappa shape index (κ2) is 6.12. The van der Waals surface area contributed by atoms with Gasteiger partial charge in [0, 0.05) is 32.3 Å². The Morgan fingerprint density at radius 3 is 3.00 bits per heavy atom. The fraction of sp³-hybridized carbons (Fsp3) is 0.600. The van der Waals surface area contributed by atoms with E-state index in [-0.39, 0.29) is 0 Å². The van der Waals surface area contributed by atoms with E-state index < -0.39 is 0 Å². The lowest BCUT2D eigenvalue weighted by atomic mass is 10.1. The first-order valence-electron chi connectivity index (χ1n) is 7.18. The number of nitrogens with one attached hydrogen (secondary N) is 1. The maximum absolute atomic E-state index is 6.44. The van der Waals surface area contributed by atoms with Crippen LogP contribution in [0.2, 0.25) is 5.02 Å². The fourth-order valence-electron chi connectivity index (χ4n) is 2.57. The SMILES string of the molecule is Clc1cccc(CNC2CC2)c1N1CCCOCC1. The van der Waals surface area contributed by atoms with Gasteiger partial charge in [-0.3, -0.25) is 0 Å². The van der Waals surface area contributed by atoms with Crippen molar-refractivity contribution in [2.24, 2.45) is 0 Å². The molecule has 0 spiro atoms. The van der Waals surface area contributed by atoms with E-state index in [9.17, 15) is 0 Å². The summed E-state index contributed by atoms with van der Waals surface area (Å²) < 4.78 is 5.53. The molecule has 0 aromatic heterocycles. The molecule has 19 heavy (non-hydrogen) atoms. The van der Waals surface area contributed by atoms with Crippen LogP contribution in [0.5, 0.6) is 0 Å². The first kappa shape index (κ1) is 13.2. The van der Waals surface area contributed by atoms with Crippen molar-refractivity contribution in [3.8, 4) is 0 Å². The van der Waals surface area contributed by atoms with Crippen LogP contribution in [0.1, 0.15) is 24.8 Å². The summed E-state index contributed by atoms with van der Waals surface area (Å²) in [5.74, 6) is 0. The van der Waals surface area contributed by atoms with Crippen molar-refractivity contribution in [1.29, 1.82) is 0 Å². The zero-order valence-electron chi connectivity index (χ0n) is 11.2. The molecule has 4 heteroatoms. The second-order valence-corrected chi connectivity index (χ2v) is 5.76. The van der Waals surface area contributed by atoms with Crippen LogP contribution in [0.25, 0.3) is 0 Å². The van der Waals surface area contributed by atoms with Crippen molar-refractivity contribution in [1.82, 2.24) is 5.32 Å². The van der Waals surface area contributed by atoms with Gasteiger partial charge >= 0.3 is 0 Å². The predicted molar refractivity (Wildman–Crippen MR) is 79.0 cm³/mol. The maximum atomic E-state index is 6.44. The molecule has 1 aromatic rings. The molecule has 2 aliphatic rings. The summed E-state index contributed by atoms with van der Waals surface area (Å²) in [6.45, 7) is 4.52. The predicted octanol–water partition coefficient (Wildman–Crippen LogP) is 2.82. The summed E-state index contributed by atoms with van der Waals surface area (Å²) in [5.41, 5.74) is 2.50. The van der Waals surface area contributed by atoms with E-state index in [0.717, 1.165) is 50.3 Å². The second-order valence-electron chi connectivity index (χ2n) is 5.36. The highest BCUT2D eigenvalue weighted by atomic mass is 35.5. The molecule has 0 radical (unpaired) electrons. The summed E-state index contributed by atoms with van der Waals surface area (Å²) in [6.07, 6.45) is 3.70. The molecule has 1 aromatic carbocycles. The lowest BCUT2D eigenvalue weighted by molar-refractivity contribution is 0.152. The van der Waals surface area contributed by atoms with Gasteiger partial charge in [0.05, 0.1) is 17.3 Å². The Labute approximate surface area is 119 Å². The summed E-state index contributed by atoms with van der Waals surface area (Å²) in [6, 6.07) is 6.94. The minimum absolute atomic E-state index is 0.722. The molecule has 1 aliphatic carbocycles. The fourth-order valence-corrected chi connectivity index (χ4v) is 2.88. The van der Waals surface area contributed by atoms with E-state index in [0.29, 0.717) is 0 Å². The summed E-state index contributed by atoms with van der Waals surface area (Å²) in [5, 5.41) is 4.44. The van der Waals surface area contributed by atoms with Crippen LogP contribution in [-0.4, -0.2) is 32.3 Å². The van der Waals surface area contributed by atoms with Crippen LogP contribution < -0.4 is 10.2 Å². The number of para-hydroxylation sites is 1. The quantitative estimate of drug-likeness (QED) is 0.918. The van der Waals surface area contributed by atoms with E-state index in [1.807, 2.05) is 12.1 Å². The maximum Gasteiger partial charge on any atom is 0.0642 e. The van der Waals surface area contributed by atoms with E-state index in [2.05, 4.69) is 16.3 Å². The summed E-state index contributed by atoms with van der Waals surface area (Å²) in [4.78, 5) is 2.37. The third-order valence-electron chi connectivity index (χ3n) is 3.77. The lowest BCUT2D eigenvalue weighted by Crippen LogP contribution is -2.28. The smallest absolute Gasteiger partial charge is 0.0642 e. The Balaban J connectivity index is 1.79. The third-order valence-corrected chi connectivity index (χ3v) is 4.07. The number of rotatable bonds is 4. The zero-order chi connectivity index (χ0) is 13.1. The number of hydrogen-bond donors (Lipinski definition) is 1. The van der Waals surface area contributed by atoms with Crippen molar-refractivity contribution in [2.75, 3.05) is 31.2 Å². The molecule has 3 nitrogen and oxygen atoms in total. The summed E-state index contributed by atoms with van der Waals surface area (Å²) in [7, 11) is 0. The van der Waals surface area contributed by atoms with Crippen LogP contribution >= 0.6 is 11.6 Å². The first-order valence-corrected chi connectivity index (χ1v) is 7.56. The summed E-state index contributed by atoms with van der Waals surface area (Å²) >= 11 is 6.44. The number of nitrogens with zero attached hydrogens (tertiary/aromatic N) is 1. The number of anilines is 1. The van der Waals surface area contributed by atoms with E-state index in [4.69, 9.17) is 16.3 Å². The van der Waals surface area contributed by atoms with E-state index >= 15 is 0 Å². The standard InChI is InChI=1S/C15H21ClN2O/c16-14-4-1-3-12(11-17-13-5-6-13)15(14)18-7-2-9-19-10-8-18/h1,3-4,13,17H,2,5-11H2. The Hall–Kier alpha value is -0.770. The van der Waals surface area contributed by atoms with Crippen LogP contribution in [0.3, 0.4) is 0 Å². The van der Waals surface area contributed by atoms with Crippen molar-refractivity contribution >= 4 is 17.3 Å². The van der Waals surface area contributed by atoms with Gasteiger partial charge in [-0.15, -0.1) is 0 Å². The third kappa shape index (κ3) is 3.41. The van der Waals surface area contributed by atoms with Gasteiger partial charge in [0.25, 0.3) is 0 Å². The van der Waals surface area contributed by atoms with Crippen molar-refractivity contribution in [3.05, 3.63) is 28.8 Å². The molecule has 3 rings (SSSR count). The lowest BCUT2D eigenvalue weighted by Gasteiger charge is -2.26. The van der Waals surface area contributed by atoms with Gasteiger partial charge in [-0.25, -0.2) is 0 Å². The topological polar surface area (TPSA) is 24.5 Å². The van der Waals surface area contributed by atoms with Gasteiger partial charge in [-0.05, 0) is 30.9 Å². The zero-order valence-corrected chi connectivity index (χ0v) is 12.0. The molecule has 1 saturated carbocycles. The Morgan fingerprint density at radius 2 is 2.16 bits per heavy atom. The van der Waals surface area contributed by atoms with Gasteiger partial charge in [0.2, 0.25) is 0 Å². The normalized spacial score (nSPS) is 20.4.